The number of rotatable bonds is 7. The van der Waals surface area contributed by atoms with E-state index in [0.717, 1.165) is 13.2 Å². The van der Waals surface area contributed by atoms with Gasteiger partial charge in [0.1, 0.15) is 0 Å². The Bertz CT molecular complexity index is 151. The van der Waals surface area contributed by atoms with Gasteiger partial charge in [0.2, 0.25) is 0 Å². The summed E-state index contributed by atoms with van der Waals surface area (Å²) < 4.78 is 5.66. The van der Waals surface area contributed by atoms with E-state index in [-0.39, 0.29) is 0 Å². The van der Waals surface area contributed by atoms with Crippen LogP contribution in [0, 0.1) is 5.41 Å². The monoisotopic (exact) mass is 215 g/mol. The highest BCUT2D eigenvalue weighted by atomic mass is 16.5. The molecular formula is C13H29NO. The minimum Gasteiger partial charge on any atom is -0.377 e. The van der Waals surface area contributed by atoms with E-state index in [0.29, 0.717) is 17.6 Å². The van der Waals surface area contributed by atoms with Crippen molar-refractivity contribution in [3.8, 4) is 0 Å². The topological polar surface area (TPSA) is 21.3 Å². The predicted octanol–water partition coefficient (Wildman–Crippen LogP) is 3.22. The molecule has 0 aliphatic heterocycles. The molecule has 2 atom stereocenters. The molecule has 0 saturated heterocycles. The first-order chi connectivity index (χ1) is 6.90. The maximum absolute atomic E-state index is 5.66. The van der Waals surface area contributed by atoms with E-state index < -0.39 is 0 Å². The fourth-order valence-corrected chi connectivity index (χ4v) is 1.73. The molecule has 0 radical (unpaired) electrons. The standard InChI is InChI=1S/C13H29NO/c1-7-14-12(11(3)15-8-2)9-10-13(4,5)6/h11-12,14H,7-10H2,1-6H3. The zero-order chi connectivity index (χ0) is 11.9. The molecule has 0 spiro atoms. The van der Waals surface area contributed by atoms with E-state index in [4.69, 9.17) is 4.74 Å². The van der Waals surface area contributed by atoms with Gasteiger partial charge in [0.05, 0.1) is 6.10 Å². The Morgan fingerprint density at radius 2 is 1.80 bits per heavy atom. The number of likely N-dealkylation sites (N-methyl/N-ethyl adjacent to an activating group) is 1. The Morgan fingerprint density at radius 1 is 1.20 bits per heavy atom. The van der Waals surface area contributed by atoms with Gasteiger partial charge < -0.3 is 10.1 Å². The molecule has 0 heterocycles. The molecular weight excluding hydrogens is 186 g/mol. The van der Waals surface area contributed by atoms with Gasteiger partial charge in [-0.1, -0.05) is 27.7 Å². The summed E-state index contributed by atoms with van der Waals surface area (Å²) in [6.45, 7) is 15.1. The molecule has 0 aromatic rings. The van der Waals surface area contributed by atoms with E-state index in [2.05, 4.69) is 46.9 Å². The van der Waals surface area contributed by atoms with Gasteiger partial charge in [-0.2, -0.15) is 0 Å². The van der Waals surface area contributed by atoms with Crippen LogP contribution in [0.25, 0.3) is 0 Å². The molecule has 0 aromatic carbocycles. The predicted molar refractivity (Wildman–Crippen MR) is 67.2 cm³/mol. The van der Waals surface area contributed by atoms with Crippen molar-refractivity contribution in [1.82, 2.24) is 5.32 Å². The normalized spacial score (nSPS) is 16.4. The van der Waals surface area contributed by atoms with Gasteiger partial charge in [0.15, 0.2) is 0 Å². The van der Waals surface area contributed by atoms with Crippen molar-refractivity contribution in [3.63, 3.8) is 0 Å². The first-order valence-electron chi connectivity index (χ1n) is 6.25. The largest absolute Gasteiger partial charge is 0.377 e. The zero-order valence-electron chi connectivity index (χ0n) is 11.4. The molecule has 0 aliphatic carbocycles. The van der Waals surface area contributed by atoms with Crippen LogP contribution in [-0.4, -0.2) is 25.3 Å². The lowest BCUT2D eigenvalue weighted by molar-refractivity contribution is 0.0426. The molecule has 0 amide bonds. The fourth-order valence-electron chi connectivity index (χ4n) is 1.73. The van der Waals surface area contributed by atoms with Crippen LogP contribution in [-0.2, 0) is 4.74 Å². The van der Waals surface area contributed by atoms with E-state index in [1.807, 2.05) is 0 Å². The smallest absolute Gasteiger partial charge is 0.0699 e. The minimum absolute atomic E-state index is 0.317. The lowest BCUT2D eigenvalue weighted by Gasteiger charge is -2.28. The lowest BCUT2D eigenvalue weighted by Crippen LogP contribution is -2.40. The van der Waals surface area contributed by atoms with Crippen LogP contribution in [0.5, 0.6) is 0 Å². The molecule has 0 fully saturated rings. The summed E-state index contributed by atoms with van der Waals surface area (Å²) in [6.07, 6.45) is 2.75. The van der Waals surface area contributed by atoms with Gasteiger partial charge >= 0.3 is 0 Å². The minimum atomic E-state index is 0.317. The van der Waals surface area contributed by atoms with Crippen LogP contribution >= 0.6 is 0 Å². The fraction of sp³-hybridized carbons (Fsp3) is 1.00. The zero-order valence-corrected chi connectivity index (χ0v) is 11.4. The summed E-state index contributed by atoms with van der Waals surface area (Å²) in [5, 5.41) is 3.51. The first kappa shape index (κ1) is 14.9. The third kappa shape index (κ3) is 7.80. The summed E-state index contributed by atoms with van der Waals surface area (Å²) >= 11 is 0. The molecule has 0 saturated carbocycles. The number of nitrogens with one attached hydrogen (secondary N) is 1. The lowest BCUT2D eigenvalue weighted by atomic mass is 9.88. The molecule has 15 heavy (non-hydrogen) atoms. The molecule has 92 valence electrons. The summed E-state index contributed by atoms with van der Waals surface area (Å²) in [6, 6.07) is 0.495. The molecule has 1 N–H and O–H groups in total. The molecule has 0 aliphatic rings. The molecule has 2 nitrogen and oxygen atoms in total. The van der Waals surface area contributed by atoms with Gasteiger partial charge in [0, 0.05) is 12.6 Å². The summed E-state index contributed by atoms with van der Waals surface area (Å²) in [5.74, 6) is 0. The first-order valence-corrected chi connectivity index (χ1v) is 6.25. The van der Waals surface area contributed by atoms with Crippen molar-refractivity contribution < 1.29 is 4.74 Å². The van der Waals surface area contributed by atoms with Crippen molar-refractivity contribution in [2.45, 2.75) is 66.5 Å². The molecule has 2 unspecified atom stereocenters. The van der Waals surface area contributed by atoms with Crippen LogP contribution in [0.15, 0.2) is 0 Å². The van der Waals surface area contributed by atoms with E-state index in [9.17, 15) is 0 Å². The highest BCUT2D eigenvalue weighted by molar-refractivity contribution is 4.76. The van der Waals surface area contributed by atoms with Crippen LogP contribution < -0.4 is 5.32 Å². The quantitative estimate of drug-likeness (QED) is 0.704. The second-order valence-electron chi connectivity index (χ2n) is 5.42. The van der Waals surface area contributed by atoms with Crippen molar-refractivity contribution in [2.24, 2.45) is 5.41 Å². The van der Waals surface area contributed by atoms with E-state index in [1.54, 1.807) is 0 Å². The highest BCUT2D eigenvalue weighted by Gasteiger charge is 2.19. The third-order valence-corrected chi connectivity index (χ3v) is 2.67. The van der Waals surface area contributed by atoms with Crippen LogP contribution in [0.4, 0.5) is 0 Å². The summed E-state index contributed by atoms with van der Waals surface area (Å²) in [7, 11) is 0. The van der Waals surface area contributed by atoms with Crippen LogP contribution in [0.1, 0.15) is 54.4 Å². The molecule has 2 heteroatoms. The van der Waals surface area contributed by atoms with Crippen LogP contribution in [0.2, 0.25) is 0 Å². The van der Waals surface area contributed by atoms with Gasteiger partial charge in [-0.3, -0.25) is 0 Å². The van der Waals surface area contributed by atoms with E-state index in [1.165, 1.54) is 12.8 Å². The Balaban J connectivity index is 4.03. The average molecular weight is 215 g/mol. The Kier molecular flexibility index (Phi) is 7.20. The van der Waals surface area contributed by atoms with Crippen molar-refractivity contribution in [3.05, 3.63) is 0 Å². The highest BCUT2D eigenvalue weighted by Crippen LogP contribution is 2.22. The summed E-state index contributed by atoms with van der Waals surface area (Å²) in [4.78, 5) is 0. The number of ether oxygens (including phenoxy) is 1. The van der Waals surface area contributed by atoms with Crippen molar-refractivity contribution in [2.75, 3.05) is 13.2 Å². The number of hydrogen-bond acceptors (Lipinski definition) is 2. The van der Waals surface area contributed by atoms with Crippen LogP contribution in [0.3, 0.4) is 0 Å². The third-order valence-electron chi connectivity index (χ3n) is 2.67. The van der Waals surface area contributed by atoms with Gasteiger partial charge in [-0.15, -0.1) is 0 Å². The number of hydrogen-bond donors (Lipinski definition) is 1. The Hall–Kier alpha value is -0.0800. The van der Waals surface area contributed by atoms with Gasteiger partial charge in [-0.05, 0) is 38.6 Å². The summed E-state index contributed by atoms with van der Waals surface area (Å²) in [5.41, 5.74) is 0.416. The van der Waals surface area contributed by atoms with Gasteiger partial charge in [-0.25, -0.2) is 0 Å². The SMILES string of the molecule is CCNC(CCC(C)(C)C)C(C)OCC. The molecule has 0 rings (SSSR count). The Morgan fingerprint density at radius 3 is 2.20 bits per heavy atom. The maximum Gasteiger partial charge on any atom is 0.0699 e. The molecule has 0 bridgehead atoms. The maximum atomic E-state index is 5.66. The van der Waals surface area contributed by atoms with E-state index >= 15 is 0 Å². The van der Waals surface area contributed by atoms with Crippen molar-refractivity contribution in [1.29, 1.82) is 0 Å². The average Bonchev–Trinajstić information content (AvgIpc) is 2.11. The second kappa shape index (κ2) is 7.24. The van der Waals surface area contributed by atoms with Crippen molar-refractivity contribution >= 4 is 0 Å². The Labute approximate surface area is 95.8 Å². The second-order valence-corrected chi connectivity index (χ2v) is 5.42. The molecule has 0 aromatic heterocycles. The van der Waals surface area contributed by atoms with Gasteiger partial charge in [0.25, 0.3) is 0 Å².